The van der Waals surface area contributed by atoms with Gasteiger partial charge in [0.25, 0.3) is 0 Å². The fourth-order valence-corrected chi connectivity index (χ4v) is 4.49. The van der Waals surface area contributed by atoms with Gasteiger partial charge >= 0.3 is 0 Å². The van der Waals surface area contributed by atoms with E-state index in [4.69, 9.17) is 4.52 Å². The average Bonchev–Trinajstić information content (AvgIpc) is 3.38. The van der Waals surface area contributed by atoms with E-state index in [2.05, 4.69) is 57.0 Å². The molecule has 3 heterocycles. The molecule has 162 valence electrons. The Balaban J connectivity index is 0.00000300. The van der Waals surface area contributed by atoms with Crippen molar-refractivity contribution in [2.75, 3.05) is 26.7 Å². The van der Waals surface area contributed by atoms with Crippen molar-refractivity contribution in [1.82, 2.24) is 20.7 Å². The molecule has 6 nitrogen and oxygen atoms in total. The van der Waals surface area contributed by atoms with E-state index in [1.165, 1.54) is 36.4 Å². The van der Waals surface area contributed by atoms with Gasteiger partial charge in [-0.1, -0.05) is 25.1 Å². The van der Waals surface area contributed by atoms with Gasteiger partial charge in [-0.15, -0.1) is 35.3 Å². The van der Waals surface area contributed by atoms with Crippen molar-refractivity contribution in [3.63, 3.8) is 0 Å². The lowest BCUT2D eigenvalue weighted by molar-refractivity contribution is 0.179. The minimum atomic E-state index is 0. The molecular formula is C21H34IN5OS. The fraction of sp³-hybridized carbons (Fsp3) is 0.619. The van der Waals surface area contributed by atoms with Crippen LogP contribution in [0.1, 0.15) is 48.6 Å². The first-order valence-corrected chi connectivity index (χ1v) is 11.3. The second-order valence-electron chi connectivity index (χ2n) is 7.34. The number of thiophene rings is 1. The van der Waals surface area contributed by atoms with Gasteiger partial charge < -0.3 is 15.2 Å². The minimum absolute atomic E-state index is 0. The summed E-state index contributed by atoms with van der Waals surface area (Å²) in [5.41, 5.74) is 2.22. The number of hydrogen-bond acceptors (Lipinski definition) is 5. The first kappa shape index (κ1) is 24.1. The Labute approximate surface area is 195 Å². The third-order valence-electron chi connectivity index (χ3n) is 5.49. The monoisotopic (exact) mass is 531 g/mol. The normalized spacial score (nSPS) is 15.9. The Morgan fingerprint density at radius 3 is 2.69 bits per heavy atom. The van der Waals surface area contributed by atoms with Gasteiger partial charge in [0.15, 0.2) is 5.96 Å². The maximum Gasteiger partial charge on any atom is 0.191 e. The maximum absolute atomic E-state index is 5.45. The summed E-state index contributed by atoms with van der Waals surface area (Å²) in [4.78, 5) is 8.42. The molecule has 1 aliphatic heterocycles. The standard InChI is InChI=1S/C21H33N5OS.HI/c1-4-19-18(20(5-2)27-25-19)14-24-21(22-3)23-13-16-8-10-26(11-9-16)15-17-7-6-12-28-17;/h6-7,12,16H,4-5,8-11,13-15H2,1-3H3,(H2,22,23,24);1H. The molecule has 2 aromatic rings. The second-order valence-corrected chi connectivity index (χ2v) is 8.38. The highest BCUT2D eigenvalue weighted by Crippen LogP contribution is 2.20. The fourth-order valence-electron chi connectivity index (χ4n) is 3.74. The van der Waals surface area contributed by atoms with Crippen LogP contribution in [-0.2, 0) is 25.9 Å². The van der Waals surface area contributed by atoms with Gasteiger partial charge in [0.2, 0.25) is 0 Å². The lowest BCUT2D eigenvalue weighted by Crippen LogP contribution is -2.42. The number of hydrogen-bond donors (Lipinski definition) is 2. The molecule has 0 radical (unpaired) electrons. The highest BCUT2D eigenvalue weighted by Gasteiger charge is 2.20. The van der Waals surface area contributed by atoms with Crippen LogP contribution < -0.4 is 10.6 Å². The van der Waals surface area contributed by atoms with Crippen LogP contribution in [-0.4, -0.2) is 42.7 Å². The van der Waals surface area contributed by atoms with Crippen molar-refractivity contribution >= 4 is 41.3 Å². The van der Waals surface area contributed by atoms with Crippen LogP contribution in [0.5, 0.6) is 0 Å². The van der Waals surface area contributed by atoms with Crippen LogP contribution in [0.2, 0.25) is 0 Å². The van der Waals surface area contributed by atoms with Crippen molar-refractivity contribution in [2.24, 2.45) is 10.9 Å². The molecule has 0 unspecified atom stereocenters. The van der Waals surface area contributed by atoms with Crippen molar-refractivity contribution in [3.05, 3.63) is 39.4 Å². The molecule has 3 rings (SSSR count). The Kier molecular flexibility index (Phi) is 10.4. The van der Waals surface area contributed by atoms with Crippen LogP contribution in [0.4, 0.5) is 0 Å². The summed E-state index contributed by atoms with van der Waals surface area (Å²) in [6.07, 6.45) is 4.22. The summed E-state index contributed by atoms with van der Waals surface area (Å²) in [7, 11) is 1.83. The predicted molar refractivity (Wildman–Crippen MR) is 131 cm³/mol. The van der Waals surface area contributed by atoms with Crippen molar-refractivity contribution in [1.29, 1.82) is 0 Å². The van der Waals surface area contributed by atoms with E-state index in [9.17, 15) is 0 Å². The molecule has 0 amide bonds. The molecule has 0 saturated carbocycles. The highest BCUT2D eigenvalue weighted by atomic mass is 127. The number of nitrogens with one attached hydrogen (secondary N) is 2. The number of aliphatic imine (C=N–C) groups is 1. The molecule has 2 N–H and O–H groups in total. The number of guanidine groups is 1. The lowest BCUT2D eigenvalue weighted by Gasteiger charge is -2.32. The second kappa shape index (κ2) is 12.5. The van der Waals surface area contributed by atoms with Crippen LogP contribution in [0, 0.1) is 5.92 Å². The summed E-state index contributed by atoms with van der Waals surface area (Å²) in [6, 6.07) is 4.37. The Bertz CT molecular complexity index is 717. The Morgan fingerprint density at radius 1 is 1.28 bits per heavy atom. The average molecular weight is 532 g/mol. The molecule has 2 aromatic heterocycles. The summed E-state index contributed by atoms with van der Waals surface area (Å²) < 4.78 is 5.45. The molecule has 0 bridgehead atoms. The molecule has 29 heavy (non-hydrogen) atoms. The number of nitrogens with zero attached hydrogens (tertiary/aromatic N) is 3. The van der Waals surface area contributed by atoms with Gasteiger partial charge in [-0.05, 0) is 49.7 Å². The van der Waals surface area contributed by atoms with E-state index in [-0.39, 0.29) is 24.0 Å². The van der Waals surface area contributed by atoms with Gasteiger partial charge in [0.05, 0.1) is 5.69 Å². The molecule has 8 heteroatoms. The van der Waals surface area contributed by atoms with E-state index in [0.29, 0.717) is 12.5 Å². The number of aromatic nitrogens is 1. The first-order valence-electron chi connectivity index (χ1n) is 10.4. The first-order chi connectivity index (χ1) is 13.7. The number of likely N-dealkylation sites (tertiary alicyclic amines) is 1. The number of halogens is 1. The maximum atomic E-state index is 5.45. The van der Waals surface area contributed by atoms with Gasteiger partial charge in [-0.25, -0.2) is 0 Å². The van der Waals surface area contributed by atoms with Gasteiger partial charge in [0.1, 0.15) is 5.76 Å². The Hall–Kier alpha value is -1.13. The van der Waals surface area contributed by atoms with E-state index in [0.717, 1.165) is 43.3 Å². The molecule has 1 aliphatic rings. The number of rotatable bonds is 8. The third kappa shape index (κ3) is 6.96. The SMILES string of the molecule is CCc1noc(CC)c1CNC(=NC)NCC1CCN(Cc2cccs2)CC1.I. The molecule has 0 aliphatic carbocycles. The third-order valence-corrected chi connectivity index (χ3v) is 6.35. The van der Waals surface area contributed by atoms with E-state index in [1.807, 2.05) is 18.4 Å². The van der Waals surface area contributed by atoms with E-state index in [1.54, 1.807) is 0 Å². The quantitative estimate of drug-likeness (QED) is 0.306. The highest BCUT2D eigenvalue weighted by molar-refractivity contribution is 14.0. The zero-order valence-electron chi connectivity index (χ0n) is 17.7. The Morgan fingerprint density at radius 2 is 2.07 bits per heavy atom. The molecule has 0 atom stereocenters. The molecule has 1 saturated heterocycles. The van der Waals surface area contributed by atoms with E-state index >= 15 is 0 Å². The molecule has 0 aromatic carbocycles. The zero-order valence-corrected chi connectivity index (χ0v) is 20.9. The topological polar surface area (TPSA) is 65.7 Å². The predicted octanol–water partition coefficient (Wildman–Crippen LogP) is 4.06. The number of aryl methyl sites for hydroxylation is 2. The molecule has 1 fully saturated rings. The summed E-state index contributed by atoms with van der Waals surface area (Å²) in [5, 5.41) is 13.3. The van der Waals surface area contributed by atoms with Crippen LogP contribution in [0.3, 0.4) is 0 Å². The lowest BCUT2D eigenvalue weighted by atomic mass is 9.97. The summed E-state index contributed by atoms with van der Waals surface area (Å²) >= 11 is 1.85. The molecule has 0 spiro atoms. The summed E-state index contributed by atoms with van der Waals surface area (Å²) in [6.45, 7) is 9.33. The largest absolute Gasteiger partial charge is 0.361 e. The van der Waals surface area contributed by atoms with Gasteiger partial charge in [-0.3, -0.25) is 9.89 Å². The van der Waals surface area contributed by atoms with Crippen LogP contribution >= 0.6 is 35.3 Å². The van der Waals surface area contributed by atoms with E-state index < -0.39 is 0 Å². The summed E-state index contributed by atoms with van der Waals surface area (Å²) in [5.74, 6) is 2.52. The van der Waals surface area contributed by atoms with Crippen molar-refractivity contribution in [2.45, 2.75) is 52.6 Å². The minimum Gasteiger partial charge on any atom is -0.361 e. The zero-order chi connectivity index (χ0) is 19.8. The van der Waals surface area contributed by atoms with Crippen LogP contribution in [0.15, 0.2) is 27.0 Å². The van der Waals surface area contributed by atoms with Gasteiger partial charge in [0, 0.05) is 43.5 Å². The smallest absolute Gasteiger partial charge is 0.191 e. The van der Waals surface area contributed by atoms with Crippen LogP contribution in [0.25, 0.3) is 0 Å². The van der Waals surface area contributed by atoms with Crippen molar-refractivity contribution in [3.8, 4) is 0 Å². The van der Waals surface area contributed by atoms with Gasteiger partial charge in [-0.2, -0.15) is 0 Å². The van der Waals surface area contributed by atoms with Crippen molar-refractivity contribution < 1.29 is 4.52 Å². The number of piperidine rings is 1. The molecular weight excluding hydrogens is 497 g/mol.